The molecule has 7 nitrogen and oxygen atoms in total. The standard InChI is InChI=1S/C26H28N2O5S2/c1-3-33-26(30)23-21-13-14-28(16-18-9-6-5-7-10-18)17-22(21)34-25(23)27-24(29)19-11-8-12-20(15-19)35(31,32)4-2/h5-12,15H,3-4,13-14,16-17H2,1-2H3,(H,27,29). The third-order valence-electron chi connectivity index (χ3n) is 5.93. The number of carbonyl (C=O) groups excluding carboxylic acids is 2. The van der Waals surface area contributed by atoms with Crippen LogP contribution in [0.3, 0.4) is 0 Å². The smallest absolute Gasteiger partial charge is 0.341 e. The molecule has 0 radical (unpaired) electrons. The van der Waals surface area contributed by atoms with Crippen LogP contribution in [0.15, 0.2) is 59.5 Å². The molecule has 184 valence electrons. The first kappa shape index (κ1) is 25.1. The van der Waals surface area contributed by atoms with Crippen LogP contribution in [0, 0.1) is 0 Å². The van der Waals surface area contributed by atoms with Crippen molar-refractivity contribution in [2.45, 2.75) is 38.3 Å². The number of amides is 1. The van der Waals surface area contributed by atoms with Crippen LogP contribution in [-0.4, -0.2) is 44.1 Å². The number of esters is 1. The number of benzene rings is 2. The predicted molar refractivity (Wildman–Crippen MR) is 137 cm³/mol. The molecule has 2 heterocycles. The van der Waals surface area contributed by atoms with Crippen molar-refractivity contribution in [1.82, 2.24) is 4.90 Å². The number of hydrogen-bond acceptors (Lipinski definition) is 7. The molecular weight excluding hydrogens is 484 g/mol. The van der Waals surface area contributed by atoms with Crippen molar-refractivity contribution in [3.63, 3.8) is 0 Å². The molecule has 0 saturated heterocycles. The third-order valence-corrected chi connectivity index (χ3v) is 8.79. The monoisotopic (exact) mass is 512 g/mol. The van der Waals surface area contributed by atoms with E-state index >= 15 is 0 Å². The molecule has 3 aromatic rings. The van der Waals surface area contributed by atoms with Gasteiger partial charge in [0.2, 0.25) is 0 Å². The van der Waals surface area contributed by atoms with E-state index in [1.54, 1.807) is 26.0 Å². The average Bonchev–Trinajstić information content (AvgIpc) is 3.22. The Balaban J connectivity index is 1.61. The zero-order valence-corrected chi connectivity index (χ0v) is 21.4. The van der Waals surface area contributed by atoms with Gasteiger partial charge in [-0.25, -0.2) is 13.2 Å². The molecule has 35 heavy (non-hydrogen) atoms. The first-order chi connectivity index (χ1) is 16.8. The van der Waals surface area contributed by atoms with Gasteiger partial charge in [0.05, 0.1) is 22.8 Å². The second-order valence-electron chi connectivity index (χ2n) is 8.26. The van der Waals surface area contributed by atoms with Gasteiger partial charge >= 0.3 is 5.97 Å². The van der Waals surface area contributed by atoms with Gasteiger partial charge in [0.25, 0.3) is 5.91 Å². The highest BCUT2D eigenvalue weighted by molar-refractivity contribution is 7.91. The van der Waals surface area contributed by atoms with Crippen LogP contribution in [0.4, 0.5) is 5.00 Å². The minimum absolute atomic E-state index is 0.0534. The molecule has 9 heteroatoms. The van der Waals surface area contributed by atoms with Crippen LogP contribution in [0.2, 0.25) is 0 Å². The summed E-state index contributed by atoms with van der Waals surface area (Å²) in [5, 5.41) is 3.28. The molecule has 1 aliphatic heterocycles. The number of ether oxygens (including phenoxy) is 1. The van der Waals surface area contributed by atoms with Gasteiger partial charge < -0.3 is 10.1 Å². The number of anilines is 1. The minimum Gasteiger partial charge on any atom is -0.462 e. The fourth-order valence-corrected chi connectivity index (χ4v) is 6.31. The minimum atomic E-state index is -3.45. The lowest BCUT2D eigenvalue weighted by Gasteiger charge is -2.27. The highest BCUT2D eigenvalue weighted by Crippen LogP contribution is 2.38. The van der Waals surface area contributed by atoms with Crippen molar-refractivity contribution in [2.24, 2.45) is 0 Å². The van der Waals surface area contributed by atoms with E-state index in [0.717, 1.165) is 23.5 Å². The Hall–Kier alpha value is -3.01. The van der Waals surface area contributed by atoms with Crippen molar-refractivity contribution in [2.75, 3.05) is 24.2 Å². The quantitative estimate of drug-likeness (QED) is 0.446. The largest absolute Gasteiger partial charge is 0.462 e. The van der Waals surface area contributed by atoms with Crippen LogP contribution >= 0.6 is 11.3 Å². The maximum atomic E-state index is 13.1. The second kappa shape index (κ2) is 10.7. The molecule has 0 atom stereocenters. The lowest BCUT2D eigenvalue weighted by atomic mass is 10.0. The van der Waals surface area contributed by atoms with Gasteiger partial charge in [-0.15, -0.1) is 11.3 Å². The summed E-state index contributed by atoms with van der Waals surface area (Å²) in [6.07, 6.45) is 0.674. The van der Waals surface area contributed by atoms with Gasteiger partial charge in [0, 0.05) is 30.1 Å². The van der Waals surface area contributed by atoms with E-state index in [9.17, 15) is 18.0 Å². The number of fused-ring (bicyclic) bond motifs is 1. The Morgan fingerprint density at radius 2 is 1.86 bits per heavy atom. The van der Waals surface area contributed by atoms with E-state index in [0.29, 0.717) is 23.5 Å². The molecule has 0 fully saturated rings. The Kier molecular flexibility index (Phi) is 7.69. The number of nitrogens with one attached hydrogen (secondary N) is 1. The summed E-state index contributed by atoms with van der Waals surface area (Å²) in [7, 11) is -3.45. The van der Waals surface area contributed by atoms with E-state index < -0.39 is 21.7 Å². The van der Waals surface area contributed by atoms with E-state index in [1.165, 1.54) is 29.0 Å². The van der Waals surface area contributed by atoms with Gasteiger partial charge in [-0.2, -0.15) is 0 Å². The fraction of sp³-hybridized carbons (Fsp3) is 0.308. The molecule has 0 bridgehead atoms. The van der Waals surface area contributed by atoms with Crippen molar-refractivity contribution >= 4 is 38.1 Å². The number of carbonyl (C=O) groups is 2. The normalized spacial score (nSPS) is 13.8. The Morgan fingerprint density at radius 1 is 1.09 bits per heavy atom. The lowest BCUT2D eigenvalue weighted by molar-refractivity contribution is 0.0526. The summed E-state index contributed by atoms with van der Waals surface area (Å²) in [5.41, 5.74) is 2.74. The predicted octanol–water partition coefficient (Wildman–Crippen LogP) is 4.53. The summed E-state index contributed by atoms with van der Waals surface area (Å²) in [6.45, 7) is 5.79. The van der Waals surface area contributed by atoms with E-state index in [-0.39, 0.29) is 22.8 Å². The zero-order chi connectivity index (χ0) is 25.0. The molecule has 0 aliphatic carbocycles. The number of thiophene rings is 1. The molecule has 0 saturated carbocycles. The van der Waals surface area contributed by atoms with Crippen molar-refractivity contribution in [3.05, 3.63) is 81.7 Å². The summed E-state index contributed by atoms with van der Waals surface area (Å²) < 4.78 is 29.8. The first-order valence-electron chi connectivity index (χ1n) is 11.5. The van der Waals surface area contributed by atoms with Crippen LogP contribution in [0.1, 0.15) is 50.6 Å². The van der Waals surface area contributed by atoms with Gasteiger partial charge in [-0.3, -0.25) is 9.69 Å². The molecule has 1 aliphatic rings. The molecule has 0 spiro atoms. The Bertz CT molecular complexity index is 1330. The van der Waals surface area contributed by atoms with Gasteiger partial charge in [0.1, 0.15) is 5.00 Å². The van der Waals surface area contributed by atoms with E-state index in [4.69, 9.17) is 4.74 Å². The summed E-state index contributed by atoms with van der Waals surface area (Å²) in [4.78, 5) is 29.4. The van der Waals surface area contributed by atoms with Crippen LogP contribution in [0.25, 0.3) is 0 Å². The van der Waals surface area contributed by atoms with Gasteiger partial charge in [-0.05, 0) is 42.7 Å². The number of rotatable bonds is 8. The molecule has 4 rings (SSSR count). The fourth-order valence-electron chi connectivity index (χ4n) is 4.11. The van der Waals surface area contributed by atoms with Crippen molar-refractivity contribution < 1.29 is 22.7 Å². The van der Waals surface area contributed by atoms with E-state index in [1.807, 2.05) is 18.2 Å². The SMILES string of the molecule is CCOC(=O)c1c(NC(=O)c2cccc(S(=O)(=O)CC)c2)sc2c1CCN(Cc1ccccc1)C2. The number of nitrogens with zero attached hydrogens (tertiary/aromatic N) is 1. The van der Waals surface area contributed by atoms with Crippen molar-refractivity contribution in [3.8, 4) is 0 Å². The molecule has 0 unspecified atom stereocenters. The summed E-state index contributed by atoms with van der Waals surface area (Å²) >= 11 is 1.38. The molecular formula is C26H28N2O5S2. The number of sulfone groups is 1. The maximum absolute atomic E-state index is 13.1. The Morgan fingerprint density at radius 3 is 2.57 bits per heavy atom. The van der Waals surface area contributed by atoms with E-state index in [2.05, 4.69) is 22.3 Å². The summed E-state index contributed by atoms with van der Waals surface area (Å²) in [5.74, 6) is -0.982. The van der Waals surface area contributed by atoms with Crippen LogP contribution in [0.5, 0.6) is 0 Å². The highest BCUT2D eigenvalue weighted by Gasteiger charge is 2.30. The van der Waals surface area contributed by atoms with Gasteiger partial charge in [-0.1, -0.05) is 43.3 Å². The molecule has 2 aromatic carbocycles. The summed E-state index contributed by atoms with van der Waals surface area (Å²) in [6, 6.07) is 16.2. The maximum Gasteiger partial charge on any atom is 0.341 e. The topological polar surface area (TPSA) is 92.8 Å². The van der Waals surface area contributed by atoms with Crippen LogP contribution in [-0.2, 0) is 34.1 Å². The number of hydrogen-bond donors (Lipinski definition) is 1. The molecule has 1 N–H and O–H groups in total. The third kappa shape index (κ3) is 5.63. The molecule has 1 aromatic heterocycles. The van der Waals surface area contributed by atoms with Crippen molar-refractivity contribution in [1.29, 1.82) is 0 Å². The highest BCUT2D eigenvalue weighted by atomic mass is 32.2. The molecule has 1 amide bonds. The lowest BCUT2D eigenvalue weighted by Crippen LogP contribution is -2.29. The van der Waals surface area contributed by atoms with Crippen LogP contribution < -0.4 is 5.32 Å². The first-order valence-corrected chi connectivity index (χ1v) is 14.0. The second-order valence-corrected chi connectivity index (χ2v) is 11.6. The average molecular weight is 513 g/mol. The Labute approximate surface area is 209 Å². The zero-order valence-electron chi connectivity index (χ0n) is 19.7. The van der Waals surface area contributed by atoms with Gasteiger partial charge in [0.15, 0.2) is 9.84 Å².